The van der Waals surface area contributed by atoms with Crippen LogP contribution in [0.2, 0.25) is 0 Å². The van der Waals surface area contributed by atoms with Crippen LogP contribution in [-0.2, 0) is 11.2 Å². The zero-order valence-electron chi connectivity index (χ0n) is 9.75. The minimum Gasteiger partial charge on any atom is -0.319 e. The summed E-state index contributed by atoms with van der Waals surface area (Å²) in [4.78, 5) is 22.0. The maximum atomic E-state index is 13.6. The lowest BCUT2D eigenvalue weighted by Gasteiger charge is -2.15. The molecule has 1 aliphatic rings. The summed E-state index contributed by atoms with van der Waals surface area (Å²) in [7, 11) is 0. The normalized spacial score (nSPS) is 14.2. The molecule has 0 atom stereocenters. The summed E-state index contributed by atoms with van der Waals surface area (Å²) in [5, 5.41) is 2.69. The van der Waals surface area contributed by atoms with Gasteiger partial charge < -0.3 is 10.3 Å². The van der Waals surface area contributed by atoms with E-state index in [9.17, 15) is 9.18 Å². The summed E-state index contributed by atoms with van der Waals surface area (Å²) < 4.78 is 13.6. The molecule has 0 bridgehead atoms. The lowest BCUT2D eigenvalue weighted by Crippen LogP contribution is -2.20. The fourth-order valence-electron chi connectivity index (χ4n) is 2.04. The van der Waals surface area contributed by atoms with Crippen molar-refractivity contribution in [2.75, 3.05) is 5.32 Å². The molecule has 2 aromatic rings. The molecule has 0 fully saturated rings. The Morgan fingerprint density at radius 1 is 1.39 bits per heavy atom. The van der Waals surface area contributed by atoms with Crippen LogP contribution in [0.15, 0.2) is 12.3 Å². The second-order valence-electron chi connectivity index (χ2n) is 4.26. The van der Waals surface area contributed by atoms with E-state index in [1.54, 1.807) is 6.92 Å². The molecule has 0 saturated heterocycles. The average Bonchev–Trinajstić information content (AvgIpc) is 2.68. The number of fused-ring (bicyclic) bond motifs is 1. The summed E-state index contributed by atoms with van der Waals surface area (Å²) in [6.07, 6.45) is 2.57. The van der Waals surface area contributed by atoms with Crippen molar-refractivity contribution in [1.29, 1.82) is 0 Å². The Labute approximate surface area is 102 Å². The van der Waals surface area contributed by atoms with E-state index in [2.05, 4.69) is 20.3 Å². The maximum Gasteiger partial charge on any atom is 0.225 e. The molecule has 0 unspecified atom stereocenters. The molecule has 3 heterocycles. The molecule has 2 N–H and O–H groups in total. The number of nitrogens with zero attached hydrogens (tertiary/aromatic N) is 2. The van der Waals surface area contributed by atoms with E-state index < -0.39 is 5.95 Å². The number of carbonyl (C=O) groups excluding carboxylic acids is 1. The molecular formula is C12H11FN4O. The van der Waals surface area contributed by atoms with Crippen LogP contribution in [0, 0.1) is 12.9 Å². The number of halogens is 1. The molecule has 5 nitrogen and oxygen atoms in total. The maximum absolute atomic E-state index is 13.6. The molecule has 0 aromatic carbocycles. The number of aryl methyl sites for hydroxylation is 2. The van der Waals surface area contributed by atoms with Gasteiger partial charge in [-0.3, -0.25) is 4.79 Å². The van der Waals surface area contributed by atoms with E-state index in [1.165, 1.54) is 6.20 Å². The van der Waals surface area contributed by atoms with Gasteiger partial charge in [0.05, 0.1) is 0 Å². The number of amides is 1. The van der Waals surface area contributed by atoms with Gasteiger partial charge in [0.2, 0.25) is 11.9 Å². The second-order valence-corrected chi connectivity index (χ2v) is 4.26. The van der Waals surface area contributed by atoms with Crippen LogP contribution < -0.4 is 5.32 Å². The molecule has 2 aromatic heterocycles. The van der Waals surface area contributed by atoms with Crippen molar-refractivity contribution < 1.29 is 9.18 Å². The van der Waals surface area contributed by atoms with Gasteiger partial charge in [0.1, 0.15) is 17.3 Å². The third-order valence-corrected chi connectivity index (χ3v) is 2.90. The smallest absolute Gasteiger partial charge is 0.225 e. The molecule has 92 valence electrons. The molecule has 6 heteroatoms. The lowest BCUT2D eigenvalue weighted by atomic mass is 10.0. The molecule has 0 aliphatic carbocycles. The van der Waals surface area contributed by atoms with Crippen LogP contribution in [-0.4, -0.2) is 20.9 Å². The van der Waals surface area contributed by atoms with Crippen molar-refractivity contribution >= 4 is 11.7 Å². The van der Waals surface area contributed by atoms with E-state index in [1.807, 2.05) is 6.07 Å². The van der Waals surface area contributed by atoms with Crippen molar-refractivity contribution in [2.24, 2.45) is 0 Å². The first-order valence-electron chi connectivity index (χ1n) is 5.65. The van der Waals surface area contributed by atoms with Crippen molar-refractivity contribution in [3.63, 3.8) is 0 Å². The molecule has 3 rings (SSSR count). The van der Waals surface area contributed by atoms with Gasteiger partial charge in [0, 0.05) is 18.2 Å². The minimum absolute atomic E-state index is 0.0375. The lowest BCUT2D eigenvalue weighted by molar-refractivity contribution is -0.116. The number of imidazole rings is 1. The number of nitrogens with one attached hydrogen (secondary N) is 2. The van der Waals surface area contributed by atoms with E-state index in [0.29, 0.717) is 30.0 Å². The standard InChI is InChI=1S/C12H11FN4O/c1-6-15-10(11(13)16-6)8-4-7-2-3-9(18)17-12(7)14-5-8/h4-5H,2-3H2,1H3,(H,15,16)(H,14,17,18). The van der Waals surface area contributed by atoms with Crippen LogP contribution in [0.3, 0.4) is 0 Å². The van der Waals surface area contributed by atoms with Gasteiger partial charge in [-0.15, -0.1) is 0 Å². The number of aromatic amines is 1. The van der Waals surface area contributed by atoms with Crippen molar-refractivity contribution in [1.82, 2.24) is 15.0 Å². The molecule has 1 aliphatic heterocycles. The van der Waals surface area contributed by atoms with Crippen molar-refractivity contribution in [3.05, 3.63) is 29.6 Å². The van der Waals surface area contributed by atoms with Gasteiger partial charge >= 0.3 is 0 Å². The predicted molar refractivity (Wildman–Crippen MR) is 63.5 cm³/mol. The number of anilines is 1. The van der Waals surface area contributed by atoms with E-state index >= 15 is 0 Å². The molecule has 1 amide bonds. The first-order chi connectivity index (χ1) is 8.63. The highest BCUT2D eigenvalue weighted by molar-refractivity contribution is 5.93. The van der Waals surface area contributed by atoms with Crippen LogP contribution in [0.25, 0.3) is 11.3 Å². The third kappa shape index (κ3) is 1.75. The Hall–Kier alpha value is -2.24. The zero-order valence-corrected chi connectivity index (χ0v) is 9.75. The molecule has 0 radical (unpaired) electrons. The third-order valence-electron chi connectivity index (χ3n) is 2.90. The van der Waals surface area contributed by atoms with Crippen LogP contribution in [0.5, 0.6) is 0 Å². The number of rotatable bonds is 1. The Bertz CT molecular complexity index is 635. The van der Waals surface area contributed by atoms with Gasteiger partial charge in [0.15, 0.2) is 0 Å². The first-order valence-corrected chi connectivity index (χ1v) is 5.65. The van der Waals surface area contributed by atoms with Gasteiger partial charge in [0.25, 0.3) is 0 Å². The quantitative estimate of drug-likeness (QED) is 0.806. The Kier molecular flexibility index (Phi) is 2.36. The van der Waals surface area contributed by atoms with Crippen molar-refractivity contribution in [2.45, 2.75) is 19.8 Å². The Morgan fingerprint density at radius 3 is 2.94 bits per heavy atom. The summed E-state index contributed by atoms with van der Waals surface area (Å²) in [6, 6.07) is 1.82. The topological polar surface area (TPSA) is 70.7 Å². The fourth-order valence-corrected chi connectivity index (χ4v) is 2.04. The monoisotopic (exact) mass is 246 g/mol. The van der Waals surface area contributed by atoms with Gasteiger partial charge in [-0.05, 0) is 25.0 Å². The second kappa shape index (κ2) is 3.90. The number of hydrogen-bond acceptors (Lipinski definition) is 3. The summed E-state index contributed by atoms with van der Waals surface area (Å²) in [5.74, 6) is 0.579. The molecule has 0 saturated carbocycles. The van der Waals surface area contributed by atoms with Gasteiger partial charge in [-0.2, -0.15) is 4.39 Å². The Morgan fingerprint density at radius 2 is 2.22 bits per heavy atom. The summed E-state index contributed by atoms with van der Waals surface area (Å²) in [6.45, 7) is 1.69. The SMILES string of the molecule is Cc1nc(-c2cnc3c(c2)CCC(=O)N3)c(F)[nH]1. The molecule has 18 heavy (non-hydrogen) atoms. The highest BCUT2D eigenvalue weighted by atomic mass is 19.1. The summed E-state index contributed by atoms with van der Waals surface area (Å²) >= 11 is 0. The van der Waals surface area contributed by atoms with E-state index in [0.717, 1.165) is 5.56 Å². The van der Waals surface area contributed by atoms with Gasteiger partial charge in [-0.25, -0.2) is 9.97 Å². The number of pyridine rings is 1. The first kappa shape index (κ1) is 10.9. The van der Waals surface area contributed by atoms with Crippen molar-refractivity contribution in [3.8, 4) is 11.3 Å². The van der Waals surface area contributed by atoms with E-state index in [-0.39, 0.29) is 11.6 Å². The largest absolute Gasteiger partial charge is 0.319 e. The number of hydrogen-bond donors (Lipinski definition) is 2. The molecule has 0 spiro atoms. The van der Waals surface area contributed by atoms with Crippen LogP contribution in [0.1, 0.15) is 17.8 Å². The number of carbonyl (C=O) groups is 1. The summed E-state index contributed by atoms with van der Waals surface area (Å²) in [5.41, 5.74) is 1.79. The van der Waals surface area contributed by atoms with Crippen LogP contribution >= 0.6 is 0 Å². The fraction of sp³-hybridized carbons (Fsp3) is 0.250. The Balaban J connectivity index is 2.05. The van der Waals surface area contributed by atoms with Crippen LogP contribution in [0.4, 0.5) is 10.2 Å². The highest BCUT2D eigenvalue weighted by Crippen LogP contribution is 2.26. The number of aromatic nitrogens is 3. The highest BCUT2D eigenvalue weighted by Gasteiger charge is 2.18. The molecular weight excluding hydrogens is 235 g/mol. The zero-order chi connectivity index (χ0) is 12.7. The predicted octanol–water partition coefficient (Wildman–Crippen LogP) is 1.80. The minimum atomic E-state index is -0.464. The average molecular weight is 246 g/mol. The van der Waals surface area contributed by atoms with E-state index in [4.69, 9.17) is 0 Å². The number of H-pyrrole nitrogens is 1. The van der Waals surface area contributed by atoms with Gasteiger partial charge in [-0.1, -0.05) is 0 Å².